The number of benzene rings is 8. The molecule has 6 fully saturated rings. The molecule has 119 heavy (non-hydrogen) atoms. The van der Waals surface area contributed by atoms with Gasteiger partial charge < -0.3 is 0 Å². The third-order valence-corrected chi connectivity index (χ3v) is 28.4. The van der Waals surface area contributed by atoms with Crippen molar-refractivity contribution in [2.45, 2.75) is 279 Å². The van der Waals surface area contributed by atoms with E-state index in [0.717, 1.165) is 43.7 Å². The molecule has 0 radical (unpaired) electrons. The molecule has 0 amide bonds. The lowest BCUT2D eigenvalue weighted by molar-refractivity contribution is -0.665. The van der Waals surface area contributed by atoms with Gasteiger partial charge >= 0.3 is 0 Å². The number of aryl methyl sites for hydroxylation is 4. The van der Waals surface area contributed by atoms with Gasteiger partial charge in [0.05, 0.1) is 64.5 Å². The van der Waals surface area contributed by atoms with Crippen LogP contribution >= 0.6 is 0 Å². The second kappa shape index (κ2) is 38.6. The van der Waals surface area contributed by atoms with E-state index in [1.165, 1.54) is 286 Å². The number of hydrogen-bond donors (Lipinski definition) is 0. The average molecular weight is 1580 g/mol. The first-order valence-electron chi connectivity index (χ1n) is 45.5. The molecule has 12 aromatic rings. The van der Waals surface area contributed by atoms with Crippen molar-refractivity contribution in [3.8, 4) is 45.0 Å². The fourth-order valence-electron chi connectivity index (χ4n) is 21.4. The van der Waals surface area contributed by atoms with E-state index in [-0.39, 0.29) is 14.9 Å². The normalized spacial score (nSPS) is 16.5. The highest BCUT2D eigenvalue weighted by atomic mass is 15.0. The summed E-state index contributed by atoms with van der Waals surface area (Å²) in [5.41, 5.74) is 31.0. The van der Waals surface area contributed by atoms with Gasteiger partial charge in [0.25, 0.3) is 0 Å². The Hall–Kier alpha value is -10.6. The van der Waals surface area contributed by atoms with E-state index in [9.17, 15) is 0 Å². The molecule has 8 nitrogen and oxygen atoms in total. The van der Waals surface area contributed by atoms with Crippen LogP contribution in [0, 0.1) is 74.8 Å². The molecule has 0 saturated heterocycles. The Morgan fingerprint density at radius 1 is 0.277 bits per heavy atom. The highest BCUT2D eigenvalue weighted by Crippen LogP contribution is 2.48. The zero-order valence-corrected chi connectivity index (χ0v) is 71.8. The molecule has 0 atom stereocenters. The van der Waals surface area contributed by atoms with Gasteiger partial charge in [-0.3, -0.25) is 0 Å². The van der Waals surface area contributed by atoms with Gasteiger partial charge in [0.2, 0.25) is 22.8 Å². The number of pyridine rings is 4. The number of hydrogen-bond acceptors (Lipinski definition) is 0. The molecule has 8 heteroatoms. The van der Waals surface area contributed by atoms with Crippen LogP contribution in [0.2, 0.25) is 0 Å². The van der Waals surface area contributed by atoms with Gasteiger partial charge in [-0.05, 0) is 278 Å². The maximum atomic E-state index is 8.67. The van der Waals surface area contributed by atoms with Crippen LogP contribution in [0.25, 0.3) is 107 Å². The average Bonchev–Trinajstić information content (AvgIpc) is 1.35. The van der Waals surface area contributed by atoms with E-state index in [0.29, 0.717) is 70.6 Å². The van der Waals surface area contributed by atoms with E-state index in [1.54, 1.807) is 11.1 Å². The van der Waals surface area contributed by atoms with Crippen molar-refractivity contribution in [1.29, 1.82) is 0 Å². The van der Waals surface area contributed by atoms with Crippen LogP contribution in [-0.2, 0) is 28.2 Å². The number of fused-ring (bicyclic) bond motifs is 4. The number of rotatable bonds is 10. The summed E-state index contributed by atoms with van der Waals surface area (Å²) in [7, 11) is 8.35. The summed E-state index contributed by atoms with van der Waals surface area (Å²) in [4.78, 5) is 14.5. The van der Waals surface area contributed by atoms with Crippen molar-refractivity contribution in [2.75, 3.05) is 0 Å². The van der Waals surface area contributed by atoms with Crippen LogP contribution < -0.4 is 18.3 Å². The molecule has 0 spiro atoms. The van der Waals surface area contributed by atoms with E-state index in [4.69, 9.17) is 29.0 Å². The van der Waals surface area contributed by atoms with Gasteiger partial charge in [-0.15, -0.1) is 0 Å². The smallest absolute Gasteiger partial charge is 0.220 e. The highest BCUT2D eigenvalue weighted by Gasteiger charge is 2.32. The molecule has 4 heterocycles. The molecule has 6 saturated carbocycles. The molecule has 6 aliphatic rings. The maximum absolute atomic E-state index is 8.67. The van der Waals surface area contributed by atoms with Gasteiger partial charge in [-0.2, -0.15) is 9.13 Å². The van der Waals surface area contributed by atoms with Crippen molar-refractivity contribution in [3.63, 3.8) is 0 Å². The van der Waals surface area contributed by atoms with Gasteiger partial charge in [-0.1, -0.05) is 196 Å². The van der Waals surface area contributed by atoms with Crippen molar-refractivity contribution in [1.82, 2.24) is 0 Å². The second-order valence-electron chi connectivity index (χ2n) is 35.7. The van der Waals surface area contributed by atoms with Gasteiger partial charge in [0.1, 0.15) is 30.9 Å². The Kier molecular flexibility index (Phi) is 27.1. The largest absolute Gasteiger partial charge is 0.238 e. The van der Waals surface area contributed by atoms with Crippen LogP contribution in [0.3, 0.4) is 0 Å². The number of nitrogens with zero attached hydrogens (tertiary/aromatic N) is 8. The second-order valence-corrected chi connectivity index (χ2v) is 35.7. The zero-order chi connectivity index (χ0) is 83.3. The minimum absolute atomic E-state index is 0. The lowest BCUT2D eigenvalue weighted by Gasteiger charge is -2.28. The maximum Gasteiger partial charge on any atom is 0.220 e. The Labute approximate surface area is 716 Å². The van der Waals surface area contributed by atoms with Crippen molar-refractivity contribution in [3.05, 3.63) is 282 Å². The molecular formula is C111H130N8+4. The van der Waals surface area contributed by atoms with Gasteiger partial charge in [-0.25, -0.2) is 28.5 Å². The molecular weight excluding hydrogens is 1450 g/mol. The number of aromatic nitrogens is 4. The van der Waals surface area contributed by atoms with Gasteiger partial charge in [0.15, 0.2) is 46.5 Å². The Morgan fingerprint density at radius 2 is 0.571 bits per heavy atom. The summed E-state index contributed by atoms with van der Waals surface area (Å²) in [5, 5.41) is 9.00. The highest BCUT2D eigenvalue weighted by molar-refractivity contribution is 5.99. The Balaban J connectivity index is 0.000000139. The van der Waals surface area contributed by atoms with Gasteiger partial charge in [0, 0.05) is 43.7 Å². The first-order valence-corrected chi connectivity index (χ1v) is 44.5. The fourth-order valence-corrected chi connectivity index (χ4v) is 21.4. The van der Waals surface area contributed by atoms with E-state index < -0.39 is 0 Å². The third kappa shape index (κ3) is 18.4. The van der Waals surface area contributed by atoms with Crippen molar-refractivity contribution >= 4 is 65.8 Å². The fraction of sp³-hybridized carbons (Fsp3) is 0.423. The lowest BCUT2D eigenvalue weighted by atomic mass is 9.76. The third-order valence-electron chi connectivity index (χ3n) is 28.4. The lowest BCUT2D eigenvalue weighted by Crippen LogP contribution is -2.35. The van der Waals surface area contributed by atoms with Crippen LogP contribution in [0.5, 0.6) is 0 Å². The Morgan fingerprint density at radius 3 is 0.933 bits per heavy atom. The minimum atomic E-state index is 0. The molecule has 610 valence electrons. The zero-order valence-electron chi connectivity index (χ0n) is 73.8. The summed E-state index contributed by atoms with van der Waals surface area (Å²) >= 11 is 0. The summed E-state index contributed by atoms with van der Waals surface area (Å²) in [6, 6.07) is 54.1. The minimum Gasteiger partial charge on any atom is -0.238 e. The topological polar surface area (TPSA) is 33.0 Å². The van der Waals surface area contributed by atoms with Crippen LogP contribution in [0.15, 0.2) is 164 Å². The first-order chi connectivity index (χ1) is 57.7. The van der Waals surface area contributed by atoms with E-state index in [2.05, 4.69) is 182 Å². The van der Waals surface area contributed by atoms with Crippen molar-refractivity contribution in [2.24, 2.45) is 28.2 Å². The first kappa shape index (κ1) is 83.4. The summed E-state index contributed by atoms with van der Waals surface area (Å²) in [5.74, 6) is 4.05. The molecule has 18 rings (SSSR count). The van der Waals surface area contributed by atoms with E-state index >= 15 is 0 Å². The molecule has 0 bridgehead atoms. The van der Waals surface area contributed by atoms with Crippen LogP contribution in [0.1, 0.15) is 305 Å². The van der Waals surface area contributed by atoms with Crippen LogP contribution in [0.4, 0.5) is 22.7 Å². The molecule has 4 aromatic heterocycles. The molecule has 6 aliphatic carbocycles. The van der Waals surface area contributed by atoms with Crippen molar-refractivity contribution < 1.29 is 21.0 Å². The predicted octanol–water partition coefficient (Wildman–Crippen LogP) is 30.5. The monoisotopic (exact) mass is 1580 g/mol. The summed E-state index contributed by atoms with van der Waals surface area (Å²) in [6.45, 7) is 45.1. The standard InChI is InChI=1S/C30H35N2.C28H31N2.C26H29N2.C25H27N2.2CH4/c1-21-28(23-12-8-5-9-13-23)19-25(22-10-6-4-7-11-22)20-29(21)30-27-15-14-26(31-2)18-24(27)16-17-32(30)3;1-19-26(21-10-6-7-11-21)17-23(20-8-4-5-9-20)18-27(19)28-25-13-12-24(29-2)16-22(25)14-15-30(28)3;1-17-13-21(20-9-7-6-8-10-20)16-25(19(17)3)26-24-12-11-23(27-4)15-22(24)14-18(2)28(26)5;1-17-10-11-20(19-8-6-5-7-9-19)16-24(17)25-23-13-12-22(26-3)15-21(23)14-18(2)27(25)4;;/h14-20,22-23H,4-13H2,1,3H3;12-18,20-21H,4-11H2,1,3H3;11-16,20H,6-10H2,1-3,5H3;10-16,19H,5-9H2,1-2,4H3;2*1H4/q4*+1;;/i17D;15D;;;;. The summed E-state index contributed by atoms with van der Waals surface area (Å²) < 4.78 is 26.0. The van der Waals surface area contributed by atoms with Crippen LogP contribution in [-0.4, -0.2) is 0 Å². The van der Waals surface area contributed by atoms with E-state index in [1.807, 2.05) is 83.9 Å². The molecule has 0 unspecified atom stereocenters. The SMILES string of the molecule is C.C.[2H]c1cc2cc([N+]#[C-])ccc2c(-c2cc(C3CCCC3)cc(C3CCCC3)c2C)[n+]1C.[2H]c1cc2cc([N+]#[C-])ccc2c(-c2cc(C3CCCCC3)cc(C3CCCCC3)c2C)[n+]1C.[C-]#[N+]c1ccc2c(-c3cc(C4CCCCC4)cc(C)c3C)[n+](C)c(C)cc2c1.[C-]#[N+]c1ccc2c(-c3cc(C4CCCCC4)ccc3C)[n+](C)c(C)cc2c1. The predicted molar refractivity (Wildman–Crippen MR) is 500 cm³/mol. The molecule has 0 N–H and O–H groups in total. The Bertz CT molecular complexity index is 6040. The summed E-state index contributed by atoms with van der Waals surface area (Å²) in [6.07, 6.45) is 38.3. The molecule has 0 aliphatic heterocycles. The quantitative estimate of drug-likeness (QED) is 0.0966. The molecule has 8 aromatic carbocycles.